The molecule has 0 atom stereocenters. The fraction of sp³-hybridized carbons (Fsp3) is 0.583. The van der Waals surface area contributed by atoms with Gasteiger partial charge in [-0.1, -0.05) is 0 Å². The average molecular weight is 260 g/mol. The topological polar surface area (TPSA) is 61.5 Å². The van der Waals surface area contributed by atoms with Crippen LogP contribution in [0.2, 0.25) is 0 Å². The minimum atomic E-state index is -0.516. The van der Waals surface area contributed by atoms with Gasteiger partial charge < -0.3 is 9.31 Å². The first kappa shape index (κ1) is 12.6. The Hall–Kier alpha value is -1.47. The van der Waals surface area contributed by atoms with Gasteiger partial charge in [-0.2, -0.15) is 0 Å². The number of fused-ring (bicyclic) bond motifs is 1. The van der Waals surface area contributed by atoms with Crippen molar-refractivity contribution in [2.45, 2.75) is 45.8 Å². The SMILES string of the molecule is Cc1nnc2c(B3OC(C)(C)C(C)(C)O3)nccn12. The summed E-state index contributed by atoms with van der Waals surface area (Å²) >= 11 is 0. The molecule has 0 saturated carbocycles. The van der Waals surface area contributed by atoms with Gasteiger partial charge in [-0.3, -0.25) is 9.38 Å². The molecule has 0 aromatic carbocycles. The molecule has 19 heavy (non-hydrogen) atoms. The maximum atomic E-state index is 6.00. The van der Waals surface area contributed by atoms with Crippen molar-refractivity contribution in [1.29, 1.82) is 0 Å². The molecule has 0 N–H and O–H groups in total. The van der Waals surface area contributed by atoms with Crippen LogP contribution in [0.4, 0.5) is 0 Å². The van der Waals surface area contributed by atoms with Crippen LogP contribution in [0.15, 0.2) is 12.4 Å². The van der Waals surface area contributed by atoms with Crippen molar-refractivity contribution in [3.63, 3.8) is 0 Å². The zero-order chi connectivity index (χ0) is 13.8. The maximum absolute atomic E-state index is 6.00. The second kappa shape index (κ2) is 3.77. The number of hydrogen-bond acceptors (Lipinski definition) is 5. The Labute approximate surface area is 112 Å². The van der Waals surface area contributed by atoms with Crippen LogP contribution in [0, 0.1) is 6.92 Å². The number of nitrogens with zero attached hydrogens (tertiary/aromatic N) is 4. The second-order valence-corrected chi connectivity index (χ2v) is 5.84. The summed E-state index contributed by atoms with van der Waals surface area (Å²) in [6, 6.07) is 0. The maximum Gasteiger partial charge on any atom is 0.518 e. The van der Waals surface area contributed by atoms with Gasteiger partial charge in [0.15, 0.2) is 5.65 Å². The van der Waals surface area contributed by atoms with Crippen LogP contribution in [0.3, 0.4) is 0 Å². The van der Waals surface area contributed by atoms with E-state index in [0.29, 0.717) is 11.2 Å². The molecule has 1 saturated heterocycles. The van der Waals surface area contributed by atoms with Crippen LogP contribution >= 0.6 is 0 Å². The molecule has 6 nitrogen and oxygen atoms in total. The van der Waals surface area contributed by atoms with E-state index < -0.39 is 7.12 Å². The van der Waals surface area contributed by atoms with Crippen LogP contribution in [-0.4, -0.2) is 37.9 Å². The number of aromatic nitrogens is 4. The summed E-state index contributed by atoms with van der Waals surface area (Å²) in [5.74, 6) is 0.815. The Morgan fingerprint density at radius 1 is 1.11 bits per heavy atom. The third-order valence-corrected chi connectivity index (χ3v) is 4.00. The van der Waals surface area contributed by atoms with E-state index in [2.05, 4.69) is 15.2 Å². The molecule has 1 fully saturated rings. The first-order chi connectivity index (χ1) is 8.82. The molecule has 0 aliphatic carbocycles. The lowest BCUT2D eigenvalue weighted by Crippen LogP contribution is -2.41. The van der Waals surface area contributed by atoms with Crippen molar-refractivity contribution < 1.29 is 9.31 Å². The summed E-state index contributed by atoms with van der Waals surface area (Å²) in [6.07, 6.45) is 3.54. The van der Waals surface area contributed by atoms with Gasteiger partial charge >= 0.3 is 7.12 Å². The summed E-state index contributed by atoms with van der Waals surface area (Å²) in [5.41, 5.74) is 0.572. The molecular weight excluding hydrogens is 243 g/mol. The van der Waals surface area contributed by atoms with Crippen molar-refractivity contribution in [2.75, 3.05) is 0 Å². The van der Waals surface area contributed by atoms with Crippen LogP contribution in [0.1, 0.15) is 33.5 Å². The van der Waals surface area contributed by atoms with Crippen molar-refractivity contribution in [3.05, 3.63) is 18.2 Å². The van der Waals surface area contributed by atoms with E-state index in [1.54, 1.807) is 6.20 Å². The zero-order valence-electron chi connectivity index (χ0n) is 11.8. The van der Waals surface area contributed by atoms with E-state index in [4.69, 9.17) is 9.31 Å². The number of rotatable bonds is 1. The smallest absolute Gasteiger partial charge is 0.398 e. The molecule has 100 valence electrons. The number of aryl methyl sites for hydroxylation is 1. The molecule has 0 radical (unpaired) electrons. The van der Waals surface area contributed by atoms with Gasteiger partial charge in [-0.05, 0) is 34.6 Å². The minimum absolute atomic E-state index is 0.388. The summed E-state index contributed by atoms with van der Waals surface area (Å²) in [4.78, 5) is 4.36. The summed E-state index contributed by atoms with van der Waals surface area (Å²) < 4.78 is 13.9. The van der Waals surface area contributed by atoms with E-state index >= 15 is 0 Å². The van der Waals surface area contributed by atoms with Crippen LogP contribution in [0.25, 0.3) is 5.65 Å². The highest BCUT2D eigenvalue weighted by Gasteiger charge is 2.53. The molecule has 1 aliphatic heterocycles. The second-order valence-electron chi connectivity index (χ2n) is 5.84. The van der Waals surface area contributed by atoms with Crippen molar-refractivity contribution in [1.82, 2.24) is 19.6 Å². The molecule has 2 aromatic heterocycles. The Bertz CT molecular complexity index is 622. The van der Waals surface area contributed by atoms with Crippen molar-refractivity contribution in [2.24, 2.45) is 0 Å². The van der Waals surface area contributed by atoms with E-state index in [1.807, 2.05) is 45.2 Å². The first-order valence-electron chi connectivity index (χ1n) is 6.34. The third-order valence-electron chi connectivity index (χ3n) is 4.00. The van der Waals surface area contributed by atoms with Crippen molar-refractivity contribution >= 4 is 18.4 Å². The lowest BCUT2D eigenvalue weighted by atomic mass is 9.84. The summed E-state index contributed by atoms with van der Waals surface area (Å²) in [5, 5.41) is 8.21. The molecule has 0 bridgehead atoms. The molecule has 0 spiro atoms. The molecule has 1 aliphatic rings. The van der Waals surface area contributed by atoms with Gasteiger partial charge in [0, 0.05) is 12.4 Å². The van der Waals surface area contributed by atoms with Gasteiger partial charge in [-0.15, -0.1) is 10.2 Å². The highest BCUT2D eigenvalue weighted by molar-refractivity contribution is 6.63. The highest BCUT2D eigenvalue weighted by Crippen LogP contribution is 2.36. The molecule has 0 amide bonds. The van der Waals surface area contributed by atoms with E-state index in [-0.39, 0.29) is 11.2 Å². The van der Waals surface area contributed by atoms with Crippen molar-refractivity contribution in [3.8, 4) is 0 Å². The van der Waals surface area contributed by atoms with Gasteiger partial charge in [0.05, 0.1) is 11.2 Å². The molecular formula is C12H17BN4O2. The van der Waals surface area contributed by atoms with Crippen LogP contribution in [-0.2, 0) is 9.31 Å². The minimum Gasteiger partial charge on any atom is -0.398 e. The predicted molar refractivity (Wildman–Crippen MR) is 71.2 cm³/mol. The average Bonchev–Trinajstić information content (AvgIpc) is 2.78. The predicted octanol–water partition coefficient (Wildman–Crippen LogP) is 0.732. The molecule has 2 aromatic rings. The fourth-order valence-corrected chi connectivity index (χ4v) is 2.08. The molecule has 3 rings (SSSR count). The Morgan fingerprint density at radius 3 is 2.37 bits per heavy atom. The van der Waals surface area contributed by atoms with Crippen LogP contribution in [0.5, 0.6) is 0 Å². The molecule has 3 heterocycles. The van der Waals surface area contributed by atoms with Gasteiger partial charge in [0.25, 0.3) is 0 Å². The first-order valence-corrected chi connectivity index (χ1v) is 6.34. The van der Waals surface area contributed by atoms with E-state index in [1.165, 1.54) is 0 Å². The van der Waals surface area contributed by atoms with Gasteiger partial charge in [0.2, 0.25) is 0 Å². The Kier molecular flexibility index (Phi) is 2.49. The highest BCUT2D eigenvalue weighted by atomic mass is 16.7. The monoisotopic (exact) mass is 260 g/mol. The van der Waals surface area contributed by atoms with E-state index in [0.717, 1.165) is 5.82 Å². The lowest BCUT2D eigenvalue weighted by Gasteiger charge is -2.32. The molecule has 0 unspecified atom stereocenters. The van der Waals surface area contributed by atoms with Gasteiger partial charge in [-0.25, -0.2) is 0 Å². The molecule has 7 heteroatoms. The standard InChI is InChI=1S/C12H17BN4O2/c1-8-15-16-10-9(14-6-7-17(8)10)13-18-11(2,3)12(4,5)19-13/h6-7H,1-5H3. The normalized spacial score (nSPS) is 21.2. The van der Waals surface area contributed by atoms with Gasteiger partial charge in [0.1, 0.15) is 11.4 Å². The summed E-state index contributed by atoms with van der Waals surface area (Å²) in [6.45, 7) is 9.96. The fourth-order valence-electron chi connectivity index (χ4n) is 2.08. The summed E-state index contributed by atoms with van der Waals surface area (Å²) in [7, 11) is -0.516. The Balaban J connectivity index is 2.07. The Morgan fingerprint density at radius 2 is 1.74 bits per heavy atom. The third kappa shape index (κ3) is 1.76. The quantitative estimate of drug-likeness (QED) is 0.707. The zero-order valence-corrected chi connectivity index (χ0v) is 11.8. The van der Waals surface area contributed by atoms with Crippen LogP contribution < -0.4 is 5.59 Å². The number of hydrogen-bond donors (Lipinski definition) is 0. The largest absolute Gasteiger partial charge is 0.518 e. The van der Waals surface area contributed by atoms with E-state index in [9.17, 15) is 0 Å². The lowest BCUT2D eigenvalue weighted by molar-refractivity contribution is 0.00578.